The Bertz CT molecular complexity index is 1300. The molecule has 3 rings (SSSR count). The fourth-order valence-corrected chi connectivity index (χ4v) is 4.80. The Morgan fingerprint density at radius 3 is 2.17 bits per heavy atom. The van der Waals surface area contributed by atoms with Crippen LogP contribution in [0.3, 0.4) is 0 Å². The number of carbonyl (C=O) groups is 2. The van der Waals surface area contributed by atoms with E-state index in [0.717, 1.165) is 15.4 Å². The van der Waals surface area contributed by atoms with Crippen molar-refractivity contribution in [2.75, 3.05) is 11.9 Å². The molecular weight excluding hydrogens is 476 g/mol. The highest BCUT2D eigenvalue weighted by Crippen LogP contribution is 2.20. The second-order valence-electron chi connectivity index (χ2n) is 8.58. The minimum Gasteiger partial charge on any atom is -0.326 e. The molecule has 36 heavy (non-hydrogen) atoms. The van der Waals surface area contributed by atoms with Gasteiger partial charge in [0.15, 0.2) is 0 Å². The molecule has 0 aliphatic heterocycles. The van der Waals surface area contributed by atoms with Gasteiger partial charge in [0.2, 0.25) is 15.9 Å². The van der Waals surface area contributed by atoms with Crippen molar-refractivity contribution in [3.63, 3.8) is 0 Å². The van der Waals surface area contributed by atoms with Crippen LogP contribution in [0.25, 0.3) is 0 Å². The predicted octanol–water partition coefficient (Wildman–Crippen LogP) is 4.11. The van der Waals surface area contributed by atoms with E-state index in [2.05, 4.69) is 29.7 Å². The van der Waals surface area contributed by atoms with Crippen LogP contribution in [0.1, 0.15) is 43.4 Å². The maximum atomic E-state index is 13.4. The van der Waals surface area contributed by atoms with Gasteiger partial charge in [0, 0.05) is 19.2 Å². The van der Waals surface area contributed by atoms with Crippen molar-refractivity contribution in [3.8, 4) is 0 Å². The molecule has 2 N–H and O–H groups in total. The lowest BCUT2D eigenvalue weighted by Crippen LogP contribution is -2.39. The summed E-state index contributed by atoms with van der Waals surface area (Å²) in [5, 5.41) is 6.59. The van der Waals surface area contributed by atoms with Crippen molar-refractivity contribution in [1.82, 2.24) is 9.73 Å². The Hall–Kier alpha value is -3.82. The number of benzene rings is 3. The highest BCUT2D eigenvalue weighted by Gasteiger charge is 2.27. The van der Waals surface area contributed by atoms with E-state index in [1.54, 1.807) is 24.3 Å². The number of sulfonamides is 1. The molecule has 2 amide bonds. The van der Waals surface area contributed by atoms with Gasteiger partial charge >= 0.3 is 0 Å². The summed E-state index contributed by atoms with van der Waals surface area (Å²) in [7, 11) is -4.02. The van der Waals surface area contributed by atoms with Crippen LogP contribution in [0.5, 0.6) is 0 Å². The van der Waals surface area contributed by atoms with Gasteiger partial charge in [-0.05, 0) is 46.9 Å². The molecule has 0 fully saturated rings. The van der Waals surface area contributed by atoms with Crippen LogP contribution in [-0.4, -0.2) is 37.3 Å². The van der Waals surface area contributed by atoms with Gasteiger partial charge in [-0.25, -0.2) is 13.8 Å². The molecule has 0 saturated carbocycles. The smallest absolute Gasteiger partial charge is 0.255 e. The topological polar surface area (TPSA) is 108 Å². The highest BCUT2D eigenvalue weighted by atomic mass is 32.2. The minimum atomic E-state index is -4.02. The zero-order valence-electron chi connectivity index (χ0n) is 20.5. The van der Waals surface area contributed by atoms with E-state index in [1.165, 1.54) is 43.0 Å². The molecule has 9 heteroatoms. The van der Waals surface area contributed by atoms with Gasteiger partial charge < -0.3 is 5.32 Å². The number of anilines is 1. The normalized spacial score (nSPS) is 11.7. The molecular formula is C27H30N4O4S. The number of nitrogens with one attached hydrogen (secondary N) is 2. The number of hydrazone groups is 1. The Balaban J connectivity index is 1.75. The van der Waals surface area contributed by atoms with Crippen LogP contribution < -0.4 is 10.7 Å². The van der Waals surface area contributed by atoms with E-state index < -0.39 is 22.5 Å². The summed E-state index contributed by atoms with van der Waals surface area (Å²) in [4.78, 5) is 23.9. The molecule has 0 aromatic heterocycles. The van der Waals surface area contributed by atoms with Crippen LogP contribution in [0.15, 0.2) is 88.9 Å². The molecule has 0 aliphatic rings. The molecule has 0 saturated heterocycles. The van der Waals surface area contributed by atoms with E-state index in [9.17, 15) is 18.0 Å². The average molecular weight is 507 g/mol. The van der Waals surface area contributed by atoms with E-state index in [0.29, 0.717) is 11.6 Å². The van der Waals surface area contributed by atoms with Crippen LogP contribution in [0.2, 0.25) is 0 Å². The van der Waals surface area contributed by atoms with E-state index in [4.69, 9.17) is 0 Å². The lowest BCUT2D eigenvalue weighted by molar-refractivity contribution is -0.121. The maximum Gasteiger partial charge on any atom is 0.255 e. The second kappa shape index (κ2) is 12.2. The fraction of sp³-hybridized carbons (Fsp3) is 0.222. The molecule has 0 radical (unpaired) electrons. The number of hydrogen-bond donors (Lipinski definition) is 2. The summed E-state index contributed by atoms with van der Waals surface area (Å²) >= 11 is 0. The zero-order valence-corrected chi connectivity index (χ0v) is 21.3. The van der Waals surface area contributed by atoms with Gasteiger partial charge in [-0.2, -0.15) is 9.41 Å². The third-order valence-corrected chi connectivity index (χ3v) is 7.15. The Labute approximate surface area is 212 Å². The molecule has 8 nitrogen and oxygen atoms in total. The lowest BCUT2D eigenvalue weighted by Gasteiger charge is -2.21. The van der Waals surface area contributed by atoms with Crippen molar-refractivity contribution in [3.05, 3.63) is 95.6 Å². The monoisotopic (exact) mass is 506 g/mol. The number of hydrogen-bond acceptors (Lipinski definition) is 5. The standard InChI is InChI=1S/C27H30N4O4S/c1-20(2)24-11-9-22(10-12-24)17-28-30-27(33)19-31(18-23-7-5-4-6-8-23)36(34,35)26-15-13-25(14-16-26)29-21(3)32/h4-17,20H,18-19H2,1-3H3,(H,29,32)(H,30,33)/b28-17+. The molecule has 3 aromatic rings. The van der Waals surface area contributed by atoms with Crippen molar-refractivity contribution in [2.45, 2.75) is 38.1 Å². The summed E-state index contributed by atoms with van der Waals surface area (Å²) < 4.78 is 27.9. The van der Waals surface area contributed by atoms with Crippen LogP contribution >= 0.6 is 0 Å². The minimum absolute atomic E-state index is 0.00438. The molecule has 188 valence electrons. The summed E-state index contributed by atoms with van der Waals surface area (Å²) in [5.74, 6) is -0.418. The first-order valence-electron chi connectivity index (χ1n) is 11.5. The van der Waals surface area contributed by atoms with Gasteiger partial charge in [0.05, 0.1) is 17.7 Å². The van der Waals surface area contributed by atoms with Crippen molar-refractivity contribution in [2.24, 2.45) is 5.10 Å². The summed E-state index contributed by atoms with van der Waals surface area (Å²) in [6, 6.07) is 22.6. The van der Waals surface area contributed by atoms with Crippen LogP contribution in [0, 0.1) is 0 Å². The Morgan fingerprint density at radius 1 is 0.944 bits per heavy atom. The largest absolute Gasteiger partial charge is 0.326 e. The van der Waals surface area contributed by atoms with E-state index in [1.807, 2.05) is 30.3 Å². The zero-order chi connectivity index (χ0) is 26.1. The average Bonchev–Trinajstić information content (AvgIpc) is 2.84. The SMILES string of the molecule is CC(=O)Nc1ccc(S(=O)(=O)N(CC(=O)N/N=C/c2ccc(C(C)C)cc2)Cc2ccccc2)cc1. The first-order chi connectivity index (χ1) is 17.1. The molecule has 0 spiro atoms. The quantitative estimate of drug-likeness (QED) is 0.319. The predicted molar refractivity (Wildman–Crippen MR) is 141 cm³/mol. The first kappa shape index (κ1) is 26.8. The molecule has 0 unspecified atom stereocenters. The second-order valence-corrected chi connectivity index (χ2v) is 10.5. The van der Waals surface area contributed by atoms with Crippen LogP contribution in [-0.2, 0) is 26.2 Å². The van der Waals surface area contributed by atoms with Gasteiger partial charge in [-0.1, -0.05) is 68.4 Å². The van der Waals surface area contributed by atoms with Crippen molar-refractivity contribution in [1.29, 1.82) is 0 Å². The van der Waals surface area contributed by atoms with Crippen LogP contribution in [0.4, 0.5) is 5.69 Å². The maximum absolute atomic E-state index is 13.4. The number of rotatable bonds is 10. The van der Waals surface area contributed by atoms with E-state index in [-0.39, 0.29) is 17.3 Å². The van der Waals surface area contributed by atoms with Gasteiger partial charge in [0.25, 0.3) is 5.91 Å². The van der Waals surface area contributed by atoms with Crippen molar-refractivity contribution < 1.29 is 18.0 Å². The molecule has 0 atom stereocenters. The van der Waals surface area contributed by atoms with E-state index >= 15 is 0 Å². The lowest BCUT2D eigenvalue weighted by atomic mass is 10.0. The summed E-state index contributed by atoms with van der Waals surface area (Å²) in [6.07, 6.45) is 1.51. The number of nitrogens with zero attached hydrogens (tertiary/aromatic N) is 2. The fourth-order valence-electron chi connectivity index (χ4n) is 3.42. The molecule has 3 aromatic carbocycles. The number of amides is 2. The van der Waals surface area contributed by atoms with Gasteiger partial charge in [-0.15, -0.1) is 0 Å². The Morgan fingerprint density at radius 2 is 1.58 bits per heavy atom. The summed E-state index contributed by atoms with van der Waals surface area (Å²) in [6.45, 7) is 5.17. The van der Waals surface area contributed by atoms with Crippen molar-refractivity contribution >= 4 is 33.7 Å². The van der Waals surface area contributed by atoms with Gasteiger partial charge in [0.1, 0.15) is 0 Å². The van der Waals surface area contributed by atoms with Gasteiger partial charge in [-0.3, -0.25) is 9.59 Å². The highest BCUT2D eigenvalue weighted by molar-refractivity contribution is 7.89. The third-order valence-electron chi connectivity index (χ3n) is 5.34. The Kier molecular flexibility index (Phi) is 9.10. The third kappa shape index (κ3) is 7.59. The summed E-state index contributed by atoms with van der Waals surface area (Å²) in [5.41, 5.74) is 5.64. The molecule has 0 heterocycles. The number of carbonyl (C=O) groups excluding carboxylic acids is 2. The first-order valence-corrected chi connectivity index (χ1v) is 12.9. The molecule has 0 aliphatic carbocycles. The molecule has 0 bridgehead atoms.